The van der Waals surface area contributed by atoms with Crippen molar-refractivity contribution in [2.45, 2.75) is 0 Å². The molecule has 0 spiro atoms. The van der Waals surface area contributed by atoms with Gasteiger partial charge in [-0.05, 0) is 87.1 Å². The molecule has 3 heteroatoms. The van der Waals surface area contributed by atoms with Crippen LogP contribution in [-0.4, -0.2) is 0 Å². The zero-order valence-corrected chi connectivity index (χ0v) is 31.4. The summed E-state index contributed by atoms with van der Waals surface area (Å²) in [5.41, 5.74) is 10.7. The highest BCUT2D eigenvalue weighted by Crippen LogP contribution is 2.49. The highest BCUT2D eigenvalue weighted by Gasteiger charge is 2.23. The van der Waals surface area contributed by atoms with Crippen LogP contribution < -0.4 is 4.90 Å². The molecule has 0 radical (unpaired) electrons. The Kier molecular flexibility index (Phi) is 7.61. The SMILES string of the molecule is c1cc(-c2ccc(-c3cccc4ccccc34)cc2)cc(N(c2ccccc2-c2cccc3sc4ccccc4c23)c2cccc3sc4ccccc4c23)c1. The molecule has 55 heavy (non-hydrogen) atoms. The molecule has 2 heterocycles. The smallest absolute Gasteiger partial charge is 0.0555 e. The second-order valence-electron chi connectivity index (χ2n) is 14.0. The molecule has 0 atom stereocenters. The number of fused-ring (bicyclic) bond motifs is 7. The number of anilines is 3. The first-order valence-electron chi connectivity index (χ1n) is 18.7. The number of hydrogen-bond acceptors (Lipinski definition) is 3. The fraction of sp³-hybridized carbons (Fsp3) is 0. The van der Waals surface area contributed by atoms with Gasteiger partial charge in [-0.3, -0.25) is 0 Å². The van der Waals surface area contributed by atoms with Crippen molar-refractivity contribution in [2.24, 2.45) is 0 Å². The summed E-state index contributed by atoms with van der Waals surface area (Å²) in [6.45, 7) is 0. The van der Waals surface area contributed by atoms with Crippen molar-refractivity contribution in [3.63, 3.8) is 0 Å². The molecule has 9 aromatic carbocycles. The van der Waals surface area contributed by atoms with Gasteiger partial charge in [-0.2, -0.15) is 0 Å². The highest BCUT2D eigenvalue weighted by molar-refractivity contribution is 7.26. The first-order valence-corrected chi connectivity index (χ1v) is 20.3. The fourth-order valence-electron chi connectivity index (χ4n) is 8.39. The van der Waals surface area contributed by atoms with Gasteiger partial charge in [0, 0.05) is 51.6 Å². The first-order chi connectivity index (χ1) is 27.3. The van der Waals surface area contributed by atoms with Crippen molar-refractivity contribution < 1.29 is 0 Å². The summed E-state index contributed by atoms with van der Waals surface area (Å²) >= 11 is 3.73. The molecule has 0 unspecified atom stereocenters. The van der Waals surface area contributed by atoms with Gasteiger partial charge in [-0.1, -0.05) is 152 Å². The lowest BCUT2D eigenvalue weighted by molar-refractivity contribution is 1.30. The third kappa shape index (κ3) is 5.35. The van der Waals surface area contributed by atoms with Gasteiger partial charge in [0.1, 0.15) is 0 Å². The average molecular weight is 736 g/mol. The zero-order chi connectivity index (χ0) is 36.3. The van der Waals surface area contributed by atoms with Crippen molar-refractivity contribution in [1.29, 1.82) is 0 Å². The number of thiophene rings is 2. The van der Waals surface area contributed by atoms with Gasteiger partial charge in [-0.25, -0.2) is 0 Å². The molecule has 2 aromatic heterocycles. The van der Waals surface area contributed by atoms with E-state index in [4.69, 9.17) is 0 Å². The van der Waals surface area contributed by atoms with Gasteiger partial charge < -0.3 is 4.90 Å². The molecule has 0 aliphatic rings. The van der Waals surface area contributed by atoms with Gasteiger partial charge in [0.25, 0.3) is 0 Å². The van der Waals surface area contributed by atoms with E-state index >= 15 is 0 Å². The van der Waals surface area contributed by atoms with Gasteiger partial charge in [0.15, 0.2) is 0 Å². The molecule has 0 bridgehead atoms. The lowest BCUT2D eigenvalue weighted by Gasteiger charge is -2.29. The van der Waals surface area contributed by atoms with Gasteiger partial charge in [0.05, 0.1) is 11.4 Å². The third-order valence-electron chi connectivity index (χ3n) is 10.9. The standard InChI is InChI=1S/C52H33NS2/c1-2-17-39-35(13-1)14-10-21-40(39)36-31-29-34(30-32-36)37-15-9-16-38(33-37)53(46-24-12-28-50-52(46)44-20-5-8-26-48(44)55-50)45-23-6-3-18-41(45)42-22-11-27-49-51(42)43-19-4-7-25-47(43)54-49/h1-33H. The predicted molar refractivity (Wildman–Crippen MR) is 241 cm³/mol. The van der Waals surface area contributed by atoms with E-state index in [1.54, 1.807) is 0 Å². The van der Waals surface area contributed by atoms with Crippen LogP contribution in [0.3, 0.4) is 0 Å². The van der Waals surface area contributed by atoms with E-state index in [0.29, 0.717) is 0 Å². The van der Waals surface area contributed by atoms with Crippen LogP contribution in [-0.2, 0) is 0 Å². The Morgan fingerprint density at radius 1 is 0.309 bits per heavy atom. The molecule has 11 rings (SSSR count). The first kappa shape index (κ1) is 32.0. The number of hydrogen-bond donors (Lipinski definition) is 0. The monoisotopic (exact) mass is 735 g/mol. The second kappa shape index (κ2) is 13.1. The van der Waals surface area contributed by atoms with Crippen LogP contribution in [0.15, 0.2) is 200 Å². The van der Waals surface area contributed by atoms with Crippen molar-refractivity contribution in [2.75, 3.05) is 4.90 Å². The molecule has 0 aliphatic carbocycles. The van der Waals surface area contributed by atoms with Gasteiger partial charge in [-0.15, -0.1) is 22.7 Å². The second-order valence-corrected chi connectivity index (χ2v) is 16.2. The topological polar surface area (TPSA) is 3.24 Å². The summed E-state index contributed by atoms with van der Waals surface area (Å²) in [6, 6.07) is 73.4. The molecule has 0 amide bonds. The minimum atomic E-state index is 1.12. The van der Waals surface area contributed by atoms with E-state index in [1.807, 2.05) is 22.7 Å². The highest BCUT2D eigenvalue weighted by atomic mass is 32.1. The van der Waals surface area contributed by atoms with Gasteiger partial charge >= 0.3 is 0 Å². The molecular formula is C52H33NS2. The predicted octanol–water partition coefficient (Wildman–Crippen LogP) is 16.0. The van der Waals surface area contributed by atoms with Crippen molar-refractivity contribution in [3.8, 4) is 33.4 Å². The average Bonchev–Trinajstić information content (AvgIpc) is 3.83. The van der Waals surface area contributed by atoms with E-state index in [2.05, 4.69) is 205 Å². The largest absolute Gasteiger partial charge is 0.309 e. The third-order valence-corrected chi connectivity index (χ3v) is 13.2. The number of nitrogens with zero attached hydrogens (tertiary/aromatic N) is 1. The van der Waals surface area contributed by atoms with Crippen LogP contribution >= 0.6 is 22.7 Å². The van der Waals surface area contributed by atoms with E-state index in [1.165, 1.54) is 90.2 Å². The van der Waals surface area contributed by atoms with Crippen LogP contribution in [0.2, 0.25) is 0 Å². The molecule has 0 saturated heterocycles. The maximum Gasteiger partial charge on any atom is 0.0555 e. The Balaban J connectivity index is 1.11. The Labute approximate surface area is 327 Å². The number of para-hydroxylation sites is 1. The molecule has 0 saturated carbocycles. The molecular weight excluding hydrogens is 703 g/mol. The van der Waals surface area contributed by atoms with Crippen LogP contribution in [0.25, 0.3) is 84.5 Å². The number of rotatable bonds is 6. The molecule has 0 N–H and O–H groups in total. The summed E-state index contributed by atoms with van der Waals surface area (Å²) in [5, 5.41) is 7.71. The number of benzene rings is 9. The van der Waals surface area contributed by atoms with Crippen LogP contribution in [0.5, 0.6) is 0 Å². The maximum atomic E-state index is 2.50. The van der Waals surface area contributed by atoms with Gasteiger partial charge in [0.2, 0.25) is 0 Å². The minimum Gasteiger partial charge on any atom is -0.309 e. The summed E-state index contributed by atoms with van der Waals surface area (Å²) in [5.74, 6) is 0. The van der Waals surface area contributed by atoms with Crippen LogP contribution in [0, 0.1) is 0 Å². The lowest BCUT2D eigenvalue weighted by Crippen LogP contribution is -2.11. The minimum absolute atomic E-state index is 1.12. The summed E-state index contributed by atoms with van der Waals surface area (Å²) in [4.78, 5) is 2.50. The Morgan fingerprint density at radius 2 is 0.836 bits per heavy atom. The lowest BCUT2D eigenvalue weighted by atomic mass is 9.95. The van der Waals surface area contributed by atoms with Crippen LogP contribution in [0.1, 0.15) is 0 Å². The molecule has 11 aromatic rings. The Bertz CT molecular complexity index is 3220. The van der Waals surface area contributed by atoms with E-state index in [9.17, 15) is 0 Å². The molecule has 258 valence electrons. The molecule has 0 aliphatic heterocycles. The van der Waals surface area contributed by atoms with Crippen molar-refractivity contribution in [1.82, 2.24) is 0 Å². The summed E-state index contributed by atoms with van der Waals surface area (Å²) in [6.07, 6.45) is 0. The van der Waals surface area contributed by atoms with E-state index in [-0.39, 0.29) is 0 Å². The Hall–Kier alpha value is -6.52. The Morgan fingerprint density at radius 3 is 1.65 bits per heavy atom. The van der Waals surface area contributed by atoms with Crippen molar-refractivity contribution in [3.05, 3.63) is 200 Å². The molecule has 1 nitrogen and oxygen atoms in total. The van der Waals surface area contributed by atoms with E-state index in [0.717, 1.165) is 11.4 Å². The summed E-state index contributed by atoms with van der Waals surface area (Å²) < 4.78 is 5.20. The van der Waals surface area contributed by atoms with E-state index < -0.39 is 0 Å². The maximum absolute atomic E-state index is 2.50. The fourth-order valence-corrected chi connectivity index (χ4v) is 10.6. The summed E-state index contributed by atoms with van der Waals surface area (Å²) in [7, 11) is 0. The normalized spacial score (nSPS) is 11.6. The van der Waals surface area contributed by atoms with Crippen molar-refractivity contribution >= 4 is 90.9 Å². The zero-order valence-electron chi connectivity index (χ0n) is 29.8. The van der Waals surface area contributed by atoms with Crippen LogP contribution in [0.4, 0.5) is 17.1 Å². The molecule has 0 fully saturated rings. The quantitative estimate of drug-likeness (QED) is 0.164.